The zero-order valence-electron chi connectivity index (χ0n) is 9.30. The number of unbranched alkanes of at least 4 members (excludes halogenated alkanes) is 4. The Morgan fingerprint density at radius 1 is 1.21 bits per heavy atom. The van der Waals surface area contributed by atoms with Crippen molar-refractivity contribution in [2.75, 3.05) is 13.2 Å². The molecule has 1 rings (SSSR count). The van der Waals surface area contributed by atoms with E-state index in [9.17, 15) is 0 Å². The van der Waals surface area contributed by atoms with Crippen molar-refractivity contribution in [1.29, 1.82) is 0 Å². The van der Waals surface area contributed by atoms with Gasteiger partial charge in [0.15, 0.2) is 0 Å². The third-order valence-corrected chi connectivity index (χ3v) is 3.63. The lowest BCUT2D eigenvalue weighted by Crippen LogP contribution is -2.27. The Hall–Kier alpha value is 0.250. The average molecular weight is 219 g/mol. The molecule has 0 saturated carbocycles. The Kier molecular flexibility index (Phi) is 6.63. The van der Waals surface area contributed by atoms with Crippen molar-refractivity contribution < 1.29 is 4.74 Å². The van der Waals surface area contributed by atoms with Crippen LogP contribution < -0.4 is 0 Å². The first kappa shape index (κ1) is 12.3. The van der Waals surface area contributed by atoms with Gasteiger partial charge in [-0.2, -0.15) is 0 Å². The van der Waals surface area contributed by atoms with Crippen LogP contribution in [0.5, 0.6) is 0 Å². The molecule has 2 atom stereocenters. The Morgan fingerprint density at radius 2 is 2.00 bits per heavy atom. The van der Waals surface area contributed by atoms with Gasteiger partial charge in [0.1, 0.15) is 0 Å². The van der Waals surface area contributed by atoms with Gasteiger partial charge in [-0.15, -0.1) is 11.6 Å². The largest absolute Gasteiger partial charge is 0.381 e. The van der Waals surface area contributed by atoms with Gasteiger partial charge >= 0.3 is 0 Å². The van der Waals surface area contributed by atoms with Gasteiger partial charge in [0.05, 0.1) is 6.61 Å². The van der Waals surface area contributed by atoms with E-state index in [-0.39, 0.29) is 0 Å². The minimum Gasteiger partial charge on any atom is -0.381 e. The molecule has 1 aliphatic rings. The van der Waals surface area contributed by atoms with Crippen molar-refractivity contribution >= 4 is 11.6 Å². The number of hydrogen-bond acceptors (Lipinski definition) is 1. The van der Waals surface area contributed by atoms with Crippen LogP contribution in [-0.4, -0.2) is 18.6 Å². The van der Waals surface area contributed by atoms with Crippen LogP contribution in [0.25, 0.3) is 0 Å². The minimum absolute atomic E-state index is 0.370. The van der Waals surface area contributed by atoms with E-state index in [4.69, 9.17) is 16.3 Å². The topological polar surface area (TPSA) is 9.23 Å². The summed E-state index contributed by atoms with van der Waals surface area (Å²) in [7, 11) is 0. The summed E-state index contributed by atoms with van der Waals surface area (Å²) < 4.78 is 5.45. The first-order valence-corrected chi connectivity index (χ1v) is 6.50. The summed E-state index contributed by atoms with van der Waals surface area (Å²) in [4.78, 5) is 0. The van der Waals surface area contributed by atoms with E-state index in [1.807, 2.05) is 0 Å². The first-order chi connectivity index (χ1) is 6.84. The van der Waals surface area contributed by atoms with Crippen LogP contribution in [0, 0.1) is 5.92 Å². The van der Waals surface area contributed by atoms with E-state index in [1.54, 1.807) is 0 Å². The second kappa shape index (κ2) is 7.53. The van der Waals surface area contributed by atoms with E-state index in [0.717, 1.165) is 19.6 Å². The molecule has 0 aromatic rings. The Balaban J connectivity index is 1.99. The number of alkyl halides is 1. The van der Waals surface area contributed by atoms with Crippen molar-refractivity contribution in [2.24, 2.45) is 5.92 Å². The average Bonchev–Trinajstić information content (AvgIpc) is 2.20. The molecule has 0 aliphatic carbocycles. The Morgan fingerprint density at radius 3 is 2.71 bits per heavy atom. The first-order valence-electron chi connectivity index (χ1n) is 6.06. The molecule has 0 aromatic heterocycles. The van der Waals surface area contributed by atoms with Crippen LogP contribution in [0.3, 0.4) is 0 Å². The molecule has 1 nitrogen and oxygen atoms in total. The van der Waals surface area contributed by atoms with Crippen molar-refractivity contribution in [2.45, 2.75) is 57.2 Å². The number of hydrogen-bond donors (Lipinski definition) is 0. The monoisotopic (exact) mass is 218 g/mol. The van der Waals surface area contributed by atoms with Gasteiger partial charge in [-0.3, -0.25) is 0 Å². The molecule has 2 unspecified atom stereocenters. The molecule has 0 bridgehead atoms. The van der Waals surface area contributed by atoms with Crippen molar-refractivity contribution in [3.8, 4) is 0 Å². The highest BCUT2D eigenvalue weighted by molar-refractivity contribution is 6.20. The van der Waals surface area contributed by atoms with Crippen LogP contribution >= 0.6 is 11.6 Å². The molecule has 0 aromatic carbocycles. The molecule has 1 heterocycles. The molecule has 1 saturated heterocycles. The zero-order valence-corrected chi connectivity index (χ0v) is 10.1. The van der Waals surface area contributed by atoms with E-state index in [2.05, 4.69) is 6.92 Å². The Labute approximate surface area is 93.2 Å². The van der Waals surface area contributed by atoms with Gasteiger partial charge in [0, 0.05) is 12.0 Å². The second-order valence-electron chi connectivity index (χ2n) is 4.34. The molecule has 0 spiro atoms. The Bertz CT molecular complexity index is 138. The molecule has 0 N–H and O–H groups in total. The fourth-order valence-corrected chi connectivity index (χ4v) is 2.33. The zero-order chi connectivity index (χ0) is 10.2. The van der Waals surface area contributed by atoms with Gasteiger partial charge in [0.2, 0.25) is 0 Å². The highest BCUT2D eigenvalue weighted by Crippen LogP contribution is 2.25. The highest BCUT2D eigenvalue weighted by Gasteiger charge is 2.22. The minimum atomic E-state index is 0.370. The van der Waals surface area contributed by atoms with Crippen LogP contribution in [0.15, 0.2) is 0 Å². The molecule has 1 fully saturated rings. The molecule has 1 aliphatic heterocycles. The fourth-order valence-electron chi connectivity index (χ4n) is 2.04. The van der Waals surface area contributed by atoms with Gasteiger partial charge in [-0.05, 0) is 18.8 Å². The standard InChI is InChI=1S/C12H23ClO/c1-2-3-4-5-6-7-11-10-14-9-8-12(11)13/h11-12H,2-10H2,1H3. The summed E-state index contributed by atoms with van der Waals surface area (Å²) in [6, 6.07) is 0. The maximum Gasteiger partial charge on any atom is 0.0508 e. The van der Waals surface area contributed by atoms with Gasteiger partial charge < -0.3 is 4.74 Å². The van der Waals surface area contributed by atoms with Crippen LogP contribution in [0.4, 0.5) is 0 Å². The summed E-state index contributed by atoms with van der Waals surface area (Å²) in [6.45, 7) is 4.01. The van der Waals surface area contributed by atoms with E-state index >= 15 is 0 Å². The third-order valence-electron chi connectivity index (χ3n) is 3.06. The summed E-state index contributed by atoms with van der Waals surface area (Å²) in [6.07, 6.45) is 9.09. The normalized spacial score (nSPS) is 27.9. The van der Waals surface area contributed by atoms with Crippen LogP contribution in [-0.2, 0) is 4.74 Å². The summed E-state index contributed by atoms with van der Waals surface area (Å²) in [5, 5.41) is 0.370. The van der Waals surface area contributed by atoms with E-state index in [0.29, 0.717) is 11.3 Å². The van der Waals surface area contributed by atoms with Crippen LogP contribution in [0.1, 0.15) is 51.9 Å². The predicted molar refractivity (Wildman–Crippen MR) is 61.9 cm³/mol. The molecule has 84 valence electrons. The van der Waals surface area contributed by atoms with E-state index < -0.39 is 0 Å². The maximum absolute atomic E-state index is 6.24. The lowest BCUT2D eigenvalue weighted by atomic mass is 9.95. The van der Waals surface area contributed by atoms with Gasteiger partial charge in [0.25, 0.3) is 0 Å². The number of ether oxygens (including phenoxy) is 1. The third kappa shape index (κ3) is 4.65. The van der Waals surface area contributed by atoms with Crippen molar-refractivity contribution in [1.82, 2.24) is 0 Å². The smallest absolute Gasteiger partial charge is 0.0508 e. The lowest BCUT2D eigenvalue weighted by molar-refractivity contribution is 0.0535. The summed E-state index contributed by atoms with van der Waals surface area (Å²) >= 11 is 6.24. The molecule has 0 amide bonds. The SMILES string of the molecule is CCCCCCCC1COCCC1Cl. The summed E-state index contributed by atoms with van der Waals surface area (Å²) in [5.74, 6) is 0.618. The summed E-state index contributed by atoms with van der Waals surface area (Å²) in [5.41, 5.74) is 0. The number of halogens is 1. The van der Waals surface area contributed by atoms with Crippen molar-refractivity contribution in [3.63, 3.8) is 0 Å². The van der Waals surface area contributed by atoms with E-state index in [1.165, 1.54) is 38.5 Å². The second-order valence-corrected chi connectivity index (χ2v) is 4.90. The quantitative estimate of drug-likeness (QED) is 0.484. The molecule has 2 heteroatoms. The van der Waals surface area contributed by atoms with Crippen molar-refractivity contribution in [3.05, 3.63) is 0 Å². The predicted octanol–water partition coefficient (Wildman–Crippen LogP) is 3.99. The molecular weight excluding hydrogens is 196 g/mol. The fraction of sp³-hybridized carbons (Fsp3) is 1.00. The van der Waals surface area contributed by atoms with Gasteiger partial charge in [-0.25, -0.2) is 0 Å². The molecule has 14 heavy (non-hydrogen) atoms. The lowest BCUT2D eigenvalue weighted by Gasteiger charge is -2.27. The van der Waals surface area contributed by atoms with Gasteiger partial charge in [-0.1, -0.05) is 39.0 Å². The van der Waals surface area contributed by atoms with Crippen LogP contribution in [0.2, 0.25) is 0 Å². The maximum atomic E-state index is 6.24. The highest BCUT2D eigenvalue weighted by atomic mass is 35.5. The number of rotatable bonds is 6. The molecular formula is C12H23ClO. The molecule has 0 radical (unpaired) electrons.